The monoisotopic (exact) mass is 251 g/mol. The molecule has 2 aliphatic rings. The van der Waals surface area contributed by atoms with Gasteiger partial charge in [0.05, 0.1) is 5.71 Å². The van der Waals surface area contributed by atoms with Crippen molar-refractivity contribution in [1.82, 2.24) is 10.3 Å². The molecule has 0 aromatic rings. The van der Waals surface area contributed by atoms with Crippen LogP contribution in [0.4, 0.5) is 0 Å². The average molecular weight is 251 g/mol. The van der Waals surface area contributed by atoms with E-state index in [1.807, 2.05) is 32.6 Å². The summed E-state index contributed by atoms with van der Waals surface area (Å²) in [5, 5.41) is 4.07. The van der Waals surface area contributed by atoms with Gasteiger partial charge in [0.2, 0.25) is 5.91 Å². The summed E-state index contributed by atoms with van der Waals surface area (Å²) in [6.07, 6.45) is 1.48. The van der Waals surface area contributed by atoms with Gasteiger partial charge in [-0.1, -0.05) is 20.8 Å². The van der Waals surface area contributed by atoms with Crippen molar-refractivity contribution in [3.8, 4) is 0 Å². The fourth-order valence-electron chi connectivity index (χ4n) is 2.45. The number of hydrazone groups is 1. The highest BCUT2D eigenvalue weighted by Crippen LogP contribution is 2.33. The van der Waals surface area contributed by atoms with Crippen LogP contribution in [0.1, 0.15) is 40.5 Å². The van der Waals surface area contributed by atoms with Crippen LogP contribution in [-0.4, -0.2) is 35.5 Å². The first-order chi connectivity index (χ1) is 8.31. The second kappa shape index (κ2) is 4.07. The Morgan fingerprint density at radius 1 is 1.56 bits per heavy atom. The minimum atomic E-state index is -0.627. The summed E-state index contributed by atoms with van der Waals surface area (Å²) in [6, 6.07) is 0. The van der Waals surface area contributed by atoms with Gasteiger partial charge in [0.1, 0.15) is 5.41 Å². The lowest BCUT2D eigenvalue weighted by atomic mass is 9.78. The van der Waals surface area contributed by atoms with Gasteiger partial charge in [-0.25, -0.2) is 5.43 Å². The molecule has 0 saturated carbocycles. The Balaban J connectivity index is 2.18. The number of rotatable bonds is 2. The van der Waals surface area contributed by atoms with E-state index in [-0.39, 0.29) is 17.2 Å². The molecule has 1 saturated heterocycles. The standard InChI is InChI=1S/C13H21N3O2/c1-5-12(2,3)11(18)16-7-6-9-13(4,8-16)10(17)15-14-9/h5-8H2,1-4H3,(H,15,17). The zero-order valence-corrected chi connectivity index (χ0v) is 11.5. The molecule has 5 heteroatoms. The SMILES string of the molecule is CCC(C)(C)C(=O)N1CCC2=NNC(=O)C2(C)C1. The summed E-state index contributed by atoms with van der Waals surface area (Å²) in [4.78, 5) is 26.1. The van der Waals surface area contributed by atoms with Crippen LogP contribution in [0.5, 0.6) is 0 Å². The zero-order chi connectivity index (χ0) is 13.6. The van der Waals surface area contributed by atoms with E-state index in [4.69, 9.17) is 0 Å². The molecular weight excluding hydrogens is 230 g/mol. The molecule has 2 aliphatic heterocycles. The molecular formula is C13H21N3O2. The topological polar surface area (TPSA) is 61.8 Å². The smallest absolute Gasteiger partial charge is 0.253 e. The van der Waals surface area contributed by atoms with Crippen LogP contribution in [0, 0.1) is 10.8 Å². The van der Waals surface area contributed by atoms with Gasteiger partial charge in [0.25, 0.3) is 5.91 Å². The van der Waals surface area contributed by atoms with Crippen molar-refractivity contribution in [1.29, 1.82) is 0 Å². The van der Waals surface area contributed by atoms with E-state index < -0.39 is 5.41 Å². The fraction of sp³-hybridized carbons (Fsp3) is 0.769. The van der Waals surface area contributed by atoms with Gasteiger partial charge >= 0.3 is 0 Å². The van der Waals surface area contributed by atoms with E-state index >= 15 is 0 Å². The zero-order valence-electron chi connectivity index (χ0n) is 11.5. The molecule has 18 heavy (non-hydrogen) atoms. The summed E-state index contributed by atoms with van der Waals surface area (Å²) in [5.74, 6) is 0.0364. The molecule has 2 heterocycles. The number of amides is 2. The predicted octanol–water partition coefficient (Wildman–Crippen LogP) is 1.15. The Morgan fingerprint density at radius 3 is 2.83 bits per heavy atom. The normalized spacial score (nSPS) is 27.7. The molecule has 1 N–H and O–H groups in total. The van der Waals surface area contributed by atoms with Crippen LogP contribution in [0.15, 0.2) is 5.10 Å². The molecule has 2 rings (SSSR count). The Bertz CT molecular complexity index is 428. The highest BCUT2D eigenvalue weighted by Gasteiger charge is 2.48. The maximum atomic E-state index is 12.4. The van der Waals surface area contributed by atoms with Crippen LogP contribution in [0.2, 0.25) is 0 Å². The molecule has 1 atom stereocenters. The molecule has 0 aromatic carbocycles. The minimum absolute atomic E-state index is 0.0932. The summed E-state index contributed by atoms with van der Waals surface area (Å²) in [6.45, 7) is 8.89. The molecule has 1 fully saturated rings. The van der Waals surface area contributed by atoms with Gasteiger partial charge < -0.3 is 4.90 Å². The molecule has 0 radical (unpaired) electrons. The molecule has 0 spiro atoms. The quantitative estimate of drug-likeness (QED) is 0.800. The van der Waals surface area contributed by atoms with Gasteiger partial charge in [-0.15, -0.1) is 0 Å². The summed E-state index contributed by atoms with van der Waals surface area (Å²) >= 11 is 0. The number of fused-ring (bicyclic) bond motifs is 1. The van der Waals surface area contributed by atoms with Crippen LogP contribution < -0.4 is 5.43 Å². The number of piperidine rings is 1. The Hall–Kier alpha value is -1.39. The number of hydrogen-bond acceptors (Lipinski definition) is 3. The highest BCUT2D eigenvalue weighted by atomic mass is 16.2. The Kier molecular flexibility index (Phi) is 2.95. The lowest BCUT2D eigenvalue weighted by Crippen LogP contribution is -2.55. The average Bonchev–Trinajstić information content (AvgIpc) is 2.64. The van der Waals surface area contributed by atoms with E-state index in [9.17, 15) is 9.59 Å². The van der Waals surface area contributed by atoms with Crippen molar-refractivity contribution in [2.45, 2.75) is 40.5 Å². The molecule has 0 bridgehead atoms. The lowest BCUT2D eigenvalue weighted by molar-refractivity contribution is -0.143. The lowest BCUT2D eigenvalue weighted by Gasteiger charge is -2.40. The van der Waals surface area contributed by atoms with E-state index in [0.717, 1.165) is 12.1 Å². The minimum Gasteiger partial charge on any atom is -0.340 e. The first kappa shape index (κ1) is 13.1. The van der Waals surface area contributed by atoms with E-state index in [2.05, 4.69) is 10.5 Å². The third-order valence-corrected chi connectivity index (χ3v) is 4.31. The van der Waals surface area contributed by atoms with Crippen molar-refractivity contribution in [3.05, 3.63) is 0 Å². The van der Waals surface area contributed by atoms with Crippen molar-refractivity contribution in [3.63, 3.8) is 0 Å². The summed E-state index contributed by atoms with van der Waals surface area (Å²) in [7, 11) is 0. The first-order valence-electron chi connectivity index (χ1n) is 6.48. The van der Waals surface area contributed by atoms with Crippen molar-refractivity contribution in [2.24, 2.45) is 15.9 Å². The van der Waals surface area contributed by atoms with E-state index in [0.29, 0.717) is 19.5 Å². The van der Waals surface area contributed by atoms with E-state index in [1.165, 1.54) is 0 Å². The van der Waals surface area contributed by atoms with E-state index in [1.54, 1.807) is 0 Å². The summed E-state index contributed by atoms with van der Waals surface area (Å²) < 4.78 is 0. The fourth-order valence-corrected chi connectivity index (χ4v) is 2.45. The number of carbonyl (C=O) groups is 2. The summed E-state index contributed by atoms with van der Waals surface area (Å²) in [5.41, 5.74) is 2.42. The number of hydrogen-bond donors (Lipinski definition) is 1. The molecule has 5 nitrogen and oxygen atoms in total. The number of carbonyl (C=O) groups excluding carboxylic acids is 2. The molecule has 0 aliphatic carbocycles. The van der Waals surface area contributed by atoms with Crippen molar-refractivity contribution < 1.29 is 9.59 Å². The van der Waals surface area contributed by atoms with Crippen LogP contribution in [-0.2, 0) is 9.59 Å². The second-order valence-electron chi connectivity index (χ2n) is 6.05. The Labute approximate surface area is 108 Å². The third kappa shape index (κ3) is 1.82. The van der Waals surface area contributed by atoms with Crippen LogP contribution in [0.25, 0.3) is 0 Å². The van der Waals surface area contributed by atoms with Gasteiger partial charge in [0.15, 0.2) is 0 Å². The molecule has 1 unspecified atom stereocenters. The van der Waals surface area contributed by atoms with Crippen molar-refractivity contribution in [2.75, 3.05) is 13.1 Å². The first-order valence-corrected chi connectivity index (χ1v) is 6.48. The second-order valence-corrected chi connectivity index (χ2v) is 6.05. The third-order valence-electron chi connectivity index (χ3n) is 4.31. The van der Waals surface area contributed by atoms with Gasteiger partial charge in [-0.2, -0.15) is 5.10 Å². The number of nitrogens with zero attached hydrogens (tertiary/aromatic N) is 2. The van der Waals surface area contributed by atoms with Crippen LogP contribution in [0.3, 0.4) is 0 Å². The maximum Gasteiger partial charge on any atom is 0.253 e. The molecule has 2 amide bonds. The molecule has 0 aromatic heterocycles. The predicted molar refractivity (Wildman–Crippen MR) is 69.0 cm³/mol. The molecule has 100 valence electrons. The van der Waals surface area contributed by atoms with Gasteiger partial charge in [0, 0.05) is 24.9 Å². The maximum absolute atomic E-state index is 12.4. The van der Waals surface area contributed by atoms with Gasteiger partial charge in [-0.05, 0) is 13.3 Å². The van der Waals surface area contributed by atoms with Crippen molar-refractivity contribution >= 4 is 17.5 Å². The number of nitrogens with one attached hydrogen (secondary N) is 1. The Morgan fingerprint density at radius 2 is 2.22 bits per heavy atom. The highest BCUT2D eigenvalue weighted by molar-refractivity contribution is 6.13. The number of likely N-dealkylation sites (tertiary alicyclic amines) is 1. The largest absolute Gasteiger partial charge is 0.340 e. The van der Waals surface area contributed by atoms with Gasteiger partial charge in [-0.3, -0.25) is 9.59 Å². The van der Waals surface area contributed by atoms with Crippen LogP contribution >= 0.6 is 0 Å².